The van der Waals surface area contributed by atoms with E-state index in [1.54, 1.807) is 12.3 Å². The van der Waals surface area contributed by atoms with Crippen LogP contribution in [0.3, 0.4) is 0 Å². The summed E-state index contributed by atoms with van der Waals surface area (Å²) in [4.78, 5) is 4.14. The molecule has 7 heteroatoms. The van der Waals surface area contributed by atoms with Gasteiger partial charge in [0.25, 0.3) is 0 Å². The average Bonchev–Trinajstić information content (AvgIpc) is 3.09. The fourth-order valence-corrected chi connectivity index (χ4v) is 1.80. The maximum Gasteiger partial charge on any atom is 0.419 e. The van der Waals surface area contributed by atoms with Crippen LogP contribution >= 0.6 is 0 Å². The molecule has 2 aromatic rings. The molecule has 1 aliphatic carbocycles. The lowest BCUT2D eigenvalue weighted by molar-refractivity contribution is -0.137. The van der Waals surface area contributed by atoms with Gasteiger partial charge in [0, 0.05) is 25.0 Å². The van der Waals surface area contributed by atoms with E-state index in [9.17, 15) is 13.2 Å². The van der Waals surface area contributed by atoms with Crippen molar-refractivity contribution < 1.29 is 13.2 Å². The maximum atomic E-state index is 12.5. The highest BCUT2D eigenvalue weighted by molar-refractivity contribution is 5.26. The lowest BCUT2D eigenvalue weighted by Crippen LogP contribution is -2.15. The SMILES string of the molecule is FC(F)(F)c1cnn(-c2ccc(CNC3CC3)cn2)c1. The predicted molar refractivity (Wildman–Crippen MR) is 66.2 cm³/mol. The van der Waals surface area contributed by atoms with Gasteiger partial charge in [-0.1, -0.05) is 6.07 Å². The van der Waals surface area contributed by atoms with Crippen molar-refractivity contribution in [2.45, 2.75) is 31.6 Å². The van der Waals surface area contributed by atoms with E-state index in [1.807, 2.05) is 6.07 Å². The third-order valence-corrected chi connectivity index (χ3v) is 3.13. The molecule has 106 valence electrons. The minimum absolute atomic E-state index is 0.371. The number of rotatable bonds is 4. The molecule has 0 radical (unpaired) electrons. The summed E-state index contributed by atoms with van der Waals surface area (Å²) in [6.07, 6.45) is 1.42. The number of hydrogen-bond donors (Lipinski definition) is 1. The molecule has 1 saturated carbocycles. The average molecular weight is 282 g/mol. The van der Waals surface area contributed by atoms with Crippen LogP contribution in [0.15, 0.2) is 30.7 Å². The van der Waals surface area contributed by atoms with Gasteiger partial charge >= 0.3 is 6.18 Å². The van der Waals surface area contributed by atoms with E-state index in [1.165, 1.54) is 12.8 Å². The summed E-state index contributed by atoms with van der Waals surface area (Å²) in [5.74, 6) is 0.371. The first-order chi connectivity index (χ1) is 9.52. The number of pyridine rings is 1. The summed E-state index contributed by atoms with van der Waals surface area (Å²) in [6.45, 7) is 0.727. The zero-order chi connectivity index (χ0) is 14.2. The molecule has 2 heterocycles. The Balaban J connectivity index is 1.71. The molecule has 0 saturated heterocycles. The van der Waals surface area contributed by atoms with E-state index in [4.69, 9.17) is 0 Å². The van der Waals surface area contributed by atoms with Gasteiger partial charge < -0.3 is 5.32 Å². The zero-order valence-electron chi connectivity index (χ0n) is 10.6. The number of nitrogens with zero attached hydrogens (tertiary/aromatic N) is 3. The molecule has 0 spiro atoms. The van der Waals surface area contributed by atoms with Crippen molar-refractivity contribution >= 4 is 0 Å². The summed E-state index contributed by atoms with van der Waals surface area (Å²) < 4.78 is 38.6. The highest BCUT2D eigenvalue weighted by Crippen LogP contribution is 2.28. The quantitative estimate of drug-likeness (QED) is 0.937. The third kappa shape index (κ3) is 2.98. The molecule has 0 bridgehead atoms. The van der Waals surface area contributed by atoms with Crippen molar-refractivity contribution in [2.75, 3.05) is 0 Å². The van der Waals surface area contributed by atoms with Crippen molar-refractivity contribution in [3.8, 4) is 5.82 Å². The second-order valence-electron chi connectivity index (χ2n) is 4.85. The van der Waals surface area contributed by atoms with Crippen LogP contribution in [0.2, 0.25) is 0 Å². The van der Waals surface area contributed by atoms with Crippen LogP contribution in [0, 0.1) is 0 Å². The van der Waals surface area contributed by atoms with Crippen LogP contribution in [0.25, 0.3) is 5.82 Å². The zero-order valence-corrected chi connectivity index (χ0v) is 10.6. The van der Waals surface area contributed by atoms with Gasteiger partial charge in [-0.05, 0) is 24.5 Å². The molecule has 20 heavy (non-hydrogen) atoms. The summed E-state index contributed by atoms with van der Waals surface area (Å²) >= 11 is 0. The Morgan fingerprint density at radius 1 is 1.25 bits per heavy atom. The Kier molecular flexibility index (Phi) is 3.21. The van der Waals surface area contributed by atoms with Crippen LogP contribution in [0.1, 0.15) is 24.0 Å². The van der Waals surface area contributed by atoms with Gasteiger partial charge in [0.15, 0.2) is 5.82 Å². The first-order valence-corrected chi connectivity index (χ1v) is 6.33. The smallest absolute Gasteiger partial charge is 0.310 e. The highest BCUT2D eigenvalue weighted by atomic mass is 19.4. The van der Waals surface area contributed by atoms with Crippen LogP contribution < -0.4 is 5.32 Å². The molecular weight excluding hydrogens is 269 g/mol. The van der Waals surface area contributed by atoms with E-state index in [2.05, 4.69) is 15.4 Å². The van der Waals surface area contributed by atoms with Crippen molar-refractivity contribution in [3.63, 3.8) is 0 Å². The first kappa shape index (κ1) is 13.1. The van der Waals surface area contributed by atoms with Gasteiger partial charge in [0.05, 0.1) is 11.8 Å². The highest BCUT2D eigenvalue weighted by Gasteiger charge is 2.32. The van der Waals surface area contributed by atoms with Crippen molar-refractivity contribution in [1.82, 2.24) is 20.1 Å². The Morgan fingerprint density at radius 3 is 2.60 bits per heavy atom. The van der Waals surface area contributed by atoms with Gasteiger partial charge in [-0.2, -0.15) is 18.3 Å². The minimum Gasteiger partial charge on any atom is -0.310 e. The molecule has 4 nitrogen and oxygen atoms in total. The number of nitrogens with one attached hydrogen (secondary N) is 1. The molecule has 0 amide bonds. The van der Waals surface area contributed by atoms with Gasteiger partial charge in [-0.15, -0.1) is 0 Å². The molecule has 0 aliphatic heterocycles. The summed E-state index contributed by atoms with van der Waals surface area (Å²) in [5.41, 5.74) is 0.225. The molecule has 0 unspecified atom stereocenters. The van der Waals surface area contributed by atoms with E-state index < -0.39 is 11.7 Å². The minimum atomic E-state index is -4.38. The molecule has 0 atom stereocenters. The molecule has 1 aliphatic rings. The number of aromatic nitrogens is 3. The number of alkyl halides is 3. The van der Waals surface area contributed by atoms with Crippen molar-refractivity contribution in [2.24, 2.45) is 0 Å². The monoisotopic (exact) mass is 282 g/mol. The van der Waals surface area contributed by atoms with E-state index >= 15 is 0 Å². The molecule has 3 rings (SSSR count). The van der Waals surface area contributed by atoms with E-state index in [-0.39, 0.29) is 0 Å². The van der Waals surface area contributed by atoms with Gasteiger partial charge in [0.2, 0.25) is 0 Å². The fourth-order valence-electron chi connectivity index (χ4n) is 1.80. The fraction of sp³-hybridized carbons (Fsp3) is 0.385. The van der Waals surface area contributed by atoms with Crippen LogP contribution in [-0.2, 0) is 12.7 Å². The summed E-state index contributed by atoms with van der Waals surface area (Å²) in [5, 5.41) is 7.03. The first-order valence-electron chi connectivity index (χ1n) is 6.33. The summed E-state index contributed by atoms with van der Waals surface area (Å²) in [6, 6.07) is 4.11. The molecular formula is C13H13F3N4. The normalized spacial score (nSPS) is 15.6. The standard InChI is InChI=1S/C13H13F3N4/c14-13(15,16)10-7-19-20(8-10)12-4-1-9(6-18-12)5-17-11-2-3-11/h1,4,6-8,11,17H,2-3,5H2. The van der Waals surface area contributed by atoms with Crippen LogP contribution in [0.5, 0.6) is 0 Å². The van der Waals surface area contributed by atoms with Crippen LogP contribution in [0.4, 0.5) is 13.2 Å². The Morgan fingerprint density at radius 2 is 2.05 bits per heavy atom. The summed E-state index contributed by atoms with van der Waals surface area (Å²) in [7, 11) is 0. The third-order valence-electron chi connectivity index (χ3n) is 3.13. The van der Waals surface area contributed by atoms with E-state index in [0.717, 1.165) is 29.2 Å². The number of halogens is 3. The molecule has 1 fully saturated rings. The van der Waals surface area contributed by atoms with Gasteiger partial charge in [-0.25, -0.2) is 9.67 Å². The van der Waals surface area contributed by atoms with E-state index in [0.29, 0.717) is 11.9 Å². The second kappa shape index (κ2) is 4.90. The molecule has 0 aromatic carbocycles. The second-order valence-corrected chi connectivity index (χ2v) is 4.85. The Hall–Kier alpha value is -1.89. The van der Waals surface area contributed by atoms with Crippen molar-refractivity contribution in [3.05, 3.63) is 41.9 Å². The number of hydrogen-bond acceptors (Lipinski definition) is 3. The maximum absolute atomic E-state index is 12.5. The van der Waals surface area contributed by atoms with Gasteiger partial charge in [-0.3, -0.25) is 0 Å². The topological polar surface area (TPSA) is 42.7 Å². The van der Waals surface area contributed by atoms with Gasteiger partial charge in [0.1, 0.15) is 0 Å². The molecule has 1 N–H and O–H groups in total. The Labute approximate surface area is 113 Å². The predicted octanol–water partition coefficient (Wildman–Crippen LogP) is 2.54. The lowest BCUT2D eigenvalue weighted by atomic mass is 10.3. The Bertz CT molecular complexity index is 584. The van der Waals surface area contributed by atoms with Crippen LogP contribution in [-0.4, -0.2) is 20.8 Å². The van der Waals surface area contributed by atoms with Crippen molar-refractivity contribution in [1.29, 1.82) is 0 Å². The molecule has 2 aromatic heterocycles. The largest absolute Gasteiger partial charge is 0.419 e. The lowest BCUT2D eigenvalue weighted by Gasteiger charge is -2.05.